The zero-order valence-electron chi connectivity index (χ0n) is 17.3. The number of benzene rings is 3. The van der Waals surface area contributed by atoms with Crippen LogP contribution < -0.4 is 4.72 Å². The van der Waals surface area contributed by atoms with Crippen LogP contribution in [0.5, 0.6) is 0 Å². The molecule has 0 spiro atoms. The van der Waals surface area contributed by atoms with E-state index in [1.807, 2.05) is 75.4 Å². The van der Waals surface area contributed by atoms with E-state index >= 15 is 0 Å². The average Bonchev–Trinajstić information content (AvgIpc) is 2.73. The van der Waals surface area contributed by atoms with E-state index in [0.29, 0.717) is 0 Å². The van der Waals surface area contributed by atoms with Crippen molar-refractivity contribution in [3.05, 3.63) is 96.2 Å². The Hall–Kier alpha value is -3.02. The summed E-state index contributed by atoms with van der Waals surface area (Å²) in [5.74, 6) is 0. The van der Waals surface area contributed by atoms with Gasteiger partial charge in [0.1, 0.15) is 0 Å². The van der Waals surface area contributed by atoms with Gasteiger partial charge in [-0.15, -0.1) is 0 Å². The fourth-order valence-electron chi connectivity index (χ4n) is 3.66. The van der Waals surface area contributed by atoms with Gasteiger partial charge in [-0.25, -0.2) is 13.1 Å². The van der Waals surface area contributed by atoms with Gasteiger partial charge in [-0.05, 0) is 73.4 Å². The molecule has 0 saturated heterocycles. The smallest absolute Gasteiger partial charge is 0.241 e. The predicted octanol–water partition coefficient (Wildman–Crippen LogP) is 5.42. The van der Waals surface area contributed by atoms with Crippen molar-refractivity contribution in [3.63, 3.8) is 0 Å². The van der Waals surface area contributed by atoms with E-state index in [9.17, 15) is 8.42 Å². The van der Waals surface area contributed by atoms with Gasteiger partial charge >= 0.3 is 0 Å². The maximum atomic E-state index is 13.0. The first kappa shape index (κ1) is 20.3. The minimum atomic E-state index is -3.66. The number of fused-ring (bicyclic) bond motifs is 1. The molecule has 0 unspecified atom stereocenters. The zero-order chi connectivity index (χ0) is 21.4. The van der Waals surface area contributed by atoms with Crippen molar-refractivity contribution in [1.82, 2.24) is 9.71 Å². The highest BCUT2D eigenvalue weighted by molar-refractivity contribution is 7.89. The number of aryl methyl sites for hydroxylation is 1. The molecule has 1 aromatic heterocycles. The van der Waals surface area contributed by atoms with Crippen molar-refractivity contribution in [3.8, 4) is 11.1 Å². The summed E-state index contributed by atoms with van der Waals surface area (Å²) < 4.78 is 28.8. The first-order valence-electron chi connectivity index (χ1n) is 9.82. The number of hydrogen-bond donors (Lipinski definition) is 1. The Morgan fingerprint density at radius 3 is 2.43 bits per heavy atom. The first-order valence-corrected chi connectivity index (χ1v) is 11.3. The Morgan fingerprint density at radius 2 is 1.63 bits per heavy atom. The Labute approximate surface area is 177 Å². The number of para-hydroxylation sites is 1. The predicted molar refractivity (Wildman–Crippen MR) is 122 cm³/mol. The molecule has 5 heteroatoms. The van der Waals surface area contributed by atoms with Crippen molar-refractivity contribution >= 4 is 20.9 Å². The van der Waals surface area contributed by atoms with E-state index in [2.05, 4.69) is 15.8 Å². The van der Waals surface area contributed by atoms with Gasteiger partial charge in [-0.1, -0.05) is 48.5 Å². The molecule has 4 rings (SSSR count). The lowest BCUT2D eigenvalue weighted by Crippen LogP contribution is -2.40. The van der Waals surface area contributed by atoms with E-state index in [0.717, 1.165) is 33.2 Å². The highest BCUT2D eigenvalue weighted by Gasteiger charge is 2.28. The number of sulfonamides is 1. The second kappa shape index (κ2) is 7.67. The van der Waals surface area contributed by atoms with Gasteiger partial charge in [0.15, 0.2) is 0 Å². The number of nitrogens with one attached hydrogen (secondary N) is 1. The molecule has 4 nitrogen and oxygen atoms in total. The van der Waals surface area contributed by atoms with Crippen LogP contribution in [-0.2, 0) is 15.6 Å². The molecular weight excluding hydrogens is 392 g/mol. The van der Waals surface area contributed by atoms with Crippen molar-refractivity contribution in [2.45, 2.75) is 31.2 Å². The quantitative estimate of drug-likeness (QED) is 0.472. The molecule has 4 aromatic rings. The second-order valence-corrected chi connectivity index (χ2v) is 9.69. The molecule has 0 atom stereocenters. The normalized spacial score (nSPS) is 12.2. The van der Waals surface area contributed by atoms with Gasteiger partial charge in [-0.2, -0.15) is 0 Å². The highest BCUT2D eigenvalue weighted by Crippen LogP contribution is 2.31. The molecule has 0 aliphatic rings. The second-order valence-electron chi connectivity index (χ2n) is 8.00. The van der Waals surface area contributed by atoms with Gasteiger partial charge in [0.25, 0.3) is 0 Å². The molecule has 30 heavy (non-hydrogen) atoms. The summed E-state index contributed by atoms with van der Waals surface area (Å²) in [6.07, 6.45) is 1.80. The van der Waals surface area contributed by atoms with Crippen LogP contribution in [0.3, 0.4) is 0 Å². The third kappa shape index (κ3) is 3.99. The molecule has 0 aliphatic carbocycles. The highest BCUT2D eigenvalue weighted by atomic mass is 32.2. The Balaban J connectivity index is 1.72. The number of aromatic nitrogens is 1. The van der Waals surface area contributed by atoms with Crippen LogP contribution in [0.1, 0.15) is 25.0 Å². The van der Waals surface area contributed by atoms with Crippen molar-refractivity contribution in [2.24, 2.45) is 0 Å². The van der Waals surface area contributed by atoms with Crippen LogP contribution in [-0.4, -0.2) is 13.4 Å². The SMILES string of the molecule is Cc1cccc(S(=O)(=O)NC(C)(C)c2cccc(-c3ccnc4ccccc34)c2)c1. The van der Waals surface area contributed by atoms with Crippen LogP contribution in [0.25, 0.3) is 22.0 Å². The average molecular weight is 417 g/mol. The molecule has 0 amide bonds. The van der Waals surface area contributed by atoms with Gasteiger partial charge in [-0.3, -0.25) is 4.98 Å². The van der Waals surface area contributed by atoms with Crippen molar-refractivity contribution in [2.75, 3.05) is 0 Å². The summed E-state index contributed by atoms with van der Waals surface area (Å²) >= 11 is 0. The molecule has 0 bridgehead atoms. The van der Waals surface area contributed by atoms with E-state index in [4.69, 9.17) is 0 Å². The molecule has 0 fully saturated rings. The summed E-state index contributed by atoms with van der Waals surface area (Å²) in [7, 11) is -3.66. The van der Waals surface area contributed by atoms with E-state index in [1.165, 1.54) is 0 Å². The van der Waals surface area contributed by atoms with E-state index in [-0.39, 0.29) is 4.90 Å². The van der Waals surface area contributed by atoms with E-state index < -0.39 is 15.6 Å². The van der Waals surface area contributed by atoms with Gasteiger partial charge < -0.3 is 0 Å². The van der Waals surface area contributed by atoms with Crippen molar-refractivity contribution < 1.29 is 8.42 Å². The third-order valence-electron chi connectivity index (χ3n) is 5.23. The van der Waals surface area contributed by atoms with Gasteiger partial charge in [0.05, 0.1) is 16.0 Å². The van der Waals surface area contributed by atoms with Crippen LogP contribution in [0.15, 0.2) is 90.0 Å². The standard InChI is InChI=1S/C25H24N2O2S/c1-18-8-6-11-21(16-18)30(28,29)27-25(2,3)20-10-7-9-19(17-20)22-14-15-26-24-13-5-4-12-23(22)24/h4-17,27H,1-3H3. The lowest BCUT2D eigenvalue weighted by atomic mass is 9.91. The van der Waals surface area contributed by atoms with Gasteiger partial charge in [0, 0.05) is 11.6 Å². The fourth-order valence-corrected chi connectivity index (χ4v) is 5.17. The lowest BCUT2D eigenvalue weighted by Gasteiger charge is -2.27. The molecule has 0 radical (unpaired) electrons. The number of pyridine rings is 1. The first-order chi connectivity index (χ1) is 14.3. The Morgan fingerprint density at radius 1 is 0.867 bits per heavy atom. The molecule has 152 valence electrons. The maximum Gasteiger partial charge on any atom is 0.241 e. The largest absolute Gasteiger partial charge is 0.256 e. The summed E-state index contributed by atoms with van der Waals surface area (Å²) in [6, 6.07) is 24.9. The monoisotopic (exact) mass is 416 g/mol. The zero-order valence-corrected chi connectivity index (χ0v) is 18.1. The lowest BCUT2D eigenvalue weighted by molar-refractivity contribution is 0.472. The van der Waals surface area contributed by atoms with E-state index in [1.54, 1.807) is 24.4 Å². The Kier molecular flexibility index (Phi) is 5.18. The summed E-state index contributed by atoms with van der Waals surface area (Å²) in [5, 5.41) is 1.07. The Bertz CT molecular complexity index is 1320. The minimum absolute atomic E-state index is 0.270. The molecule has 1 heterocycles. The topological polar surface area (TPSA) is 59.1 Å². The molecule has 0 aliphatic heterocycles. The number of hydrogen-bond acceptors (Lipinski definition) is 3. The maximum absolute atomic E-state index is 13.0. The van der Waals surface area contributed by atoms with Gasteiger partial charge in [0.2, 0.25) is 10.0 Å². The molecule has 3 aromatic carbocycles. The number of rotatable bonds is 5. The summed E-state index contributed by atoms with van der Waals surface area (Å²) in [4.78, 5) is 4.71. The van der Waals surface area contributed by atoms with Crippen molar-refractivity contribution in [1.29, 1.82) is 0 Å². The molecule has 0 saturated carbocycles. The molecule has 1 N–H and O–H groups in total. The van der Waals surface area contributed by atoms with Crippen LogP contribution in [0, 0.1) is 6.92 Å². The van der Waals surface area contributed by atoms with Crippen LogP contribution in [0.2, 0.25) is 0 Å². The molecular formula is C25H24N2O2S. The minimum Gasteiger partial charge on any atom is -0.256 e. The fraction of sp³-hybridized carbons (Fsp3) is 0.160. The summed E-state index contributed by atoms with van der Waals surface area (Å²) in [5.41, 5.74) is 4.02. The number of nitrogens with zero attached hydrogens (tertiary/aromatic N) is 1. The summed E-state index contributed by atoms with van der Waals surface area (Å²) in [6.45, 7) is 5.64. The third-order valence-corrected chi connectivity index (χ3v) is 6.89. The van der Waals surface area contributed by atoms with Crippen LogP contribution in [0.4, 0.5) is 0 Å². The van der Waals surface area contributed by atoms with Crippen LogP contribution >= 0.6 is 0 Å².